The van der Waals surface area contributed by atoms with Gasteiger partial charge >= 0.3 is 0 Å². The van der Waals surface area contributed by atoms with Crippen molar-refractivity contribution in [1.29, 1.82) is 0 Å². The molecule has 0 N–H and O–H groups in total. The lowest BCUT2D eigenvalue weighted by atomic mass is 10.0. The molecule has 4 aromatic rings. The van der Waals surface area contributed by atoms with E-state index in [1.54, 1.807) is 12.3 Å². The molecule has 1 aliphatic heterocycles. The van der Waals surface area contributed by atoms with Gasteiger partial charge in [0.25, 0.3) is 11.1 Å². The van der Waals surface area contributed by atoms with Crippen LogP contribution in [0, 0.1) is 6.92 Å². The van der Waals surface area contributed by atoms with E-state index < -0.39 is 0 Å². The highest BCUT2D eigenvalue weighted by Crippen LogP contribution is 2.34. The number of halogens is 1. The molecule has 9 heteroatoms. The molecular weight excluding hydrogens is 460 g/mol. The fourth-order valence-corrected chi connectivity index (χ4v) is 4.35. The Bertz CT molecular complexity index is 1300. The Kier molecular flexibility index (Phi) is 6.02. The number of benzene rings is 2. The summed E-state index contributed by atoms with van der Waals surface area (Å²) in [6.07, 6.45) is 2.14. The monoisotopic (exact) mass is 478 g/mol. The van der Waals surface area contributed by atoms with Crippen LogP contribution in [0.3, 0.4) is 0 Å². The molecule has 3 heterocycles. The summed E-state index contributed by atoms with van der Waals surface area (Å²) in [5, 5.41) is 15.2. The van der Waals surface area contributed by atoms with E-state index in [1.807, 2.05) is 61.5 Å². The zero-order valence-corrected chi connectivity index (χ0v) is 19.2. The number of aryl methyl sites for hydroxylation is 1. The molecule has 0 saturated carbocycles. The van der Waals surface area contributed by atoms with Crippen LogP contribution in [0.15, 0.2) is 86.1 Å². The number of aromatic nitrogens is 2. The van der Waals surface area contributed by atoms with Crippen LogP contribution in [0.2, 0.25) is 5.02 Å². The van der Waals surface area contributed by atoms with Crippen LogP contribution in [-0.4, -0.2) is 32.6 Å². The van der Waals surface area contributed by atoms with Crippen molar-refractivity contribution < 1.29 is 13.6 Å². The molecule has 1 unspecified atom stereocenters. The minimum Gasteiger partial charge on any atom is -0.467 e. The number of hydrogen-bond acceptors (Lipinski definition) is 7. The molecule has 7 nitrogen and oxygen atoms in total. The van der Waals surface area contributed by atoms with Gasteiger partial charge in [-0.25, -0.2) is 5.01 Å². The molecule has 2 aromatic heterocycles. The lowest BCUT2D eigenvalue weighted by Gasteiger charge is -2.19. The summed E-state index contributed by atoms with van der Waals surface area (Å²) >= 11 is 7.20. The quantitative estimate of drug-likeness (QED) is 0.327. The van der Waals surface area contributed by atoms with Crippen molar-refractivity contribution in [2.45, 2.75) is 24.6 Å². The second-order valence-electron chi connectivity index (χ2n) is 7.56. The molecule has 1 atom stereocenters. The first kappa shape index (κ1) is 21.5. The van der Waals surface area contributed by atoms with E-state index in [2.05, 4.69) is 15.3 Å². The predicted molar refractivity (Wildman–Crippen MR) is 126 cm³/mol. The van der Waals surface area contributed by atoms with Gasteiger partial charge in [0, 0.05) is 17.0 Å². The Morgan fingerprint density at radius 3 is 2.73 bits per heavy atom. The van der Waals surface area contributed by atoms with Crippen molar-refractivity contribution in [3.8, 4) is 11.5 Å². The van der Waals surface area contributed by atoms with E-state index in [0.29, 0.717) is 28.3 Å². The van der Waals surface area contributed by atoms with Crippen LogP contribution < -0.4 is 0 Å². The van der Waals surface area contributed by atoms with Gasteiger partial charge in [-0.1, -0.05) is 53.2 Å². The molecule has 33 heavy (non-hydrogen) atoms. The Labute approximate surface area is 199 Å². The zero-order valence-electron chi connectivity index (χ0n) is 17.6. The summed E-state index contributed by atoms with van der Waals surface area (Å²) < 4.78 is 11.3. The van der Waals surface area contributed by atoms with E-state index in [-0.39, 0.29) is 17.7 Å². The Morgan fingerprint density at radius 2 is 1.97 bits per heavy atom. The first-order valence-corrected chi connectivity index (χ1v) is 11.7. The number of rotatable bonds is 6. The van der Waals surface area contributed by atoms with Crippen molar-refractivity contribution in [3.05, 3.63) is 88.8 Å². The maximum atomic E-state index is 13.1. The first-order chi connectivity index (χ1) is 16.1. The van der Waals surface area contributed by atoms with E-state index in [1.165, 1.54) is 16.8 Å². The summed E-state index contributed by atoms with van der Waals surface area (Å²) in [7, 11) is 0. The summed E-state index contributed by atoms with van der Waals surface area (Å²) in [5.41, 5.74) is 3.65. The molecule has 0 saturated heterocycles. The van der Waals surface area contributed by atoms with E-state index >= 15 is 0 Å². The normalized spacial score (nSPS) is 15.6. The average Bonchev–Trinajstić information content (AvgIpc) is 3.58. The summed E-state index contributed by atoms with van der Waals surface area (Å²) in [6, 6.07) is 18.6. The Balaban J connectivity index is 1.32. The molecule has 166 valence electrons. The van der Waals surface area contributed by atoms with Crippen LogP contribution in [0.25, 0.3) is 11.5 Å². The van der Waals surface area contributed by atoms with E-state index in [0.717, 1.165) is 22.4 Å². The fraction of sp³-hybridized carbons (Fsp3) is 0.167. The SMILES string of the molecule is Cc1cccc(-c2nnc(SCC(=O)N3N=C(c4ccc(Cl)cc4)CC3c3ccco3)o2)c1. The summed E-state index contributed by atoms with van der Waals surface area (Å²) in [6.45, 7) is 2.00. The van der Waals surface area contributed by atoms with Crippen LogP contribution >= 0.6 is 23.4 Å². The largest absolute Gasteiger partial charge is 0.467 e. The number of carbonyl (C=O) groups excluding carboxylic acids is 1. The third kappa shape index (κ3) is 4.72. The maximum Gasteiger partial charge on any atom is 0.277 e. The van der Waals surface area contributed by atoms with Gasteiger partial charge in [0.1, 0.15) is 11.8 Å². The number of carbonyl (C=O) groups is 1. The van der Waals surface area contributed by atoms with Crippen molar-refractivity contribution in [2.75, 3.05) is 5.75 Å². The minimum absolute atomic E-state index is 0.101. The summed E-state index contributed by atoms with van der Waals surface area (Å²) in [5.74, 6) is 1.02. The highest BCUT2D eigenvalue weighted by atomic mass is 35.5. The van der Waals surface area contributed by atoms with E-state index in [9.17, 15) is 4.79 Å². The van der Waals surface area contributed by atoms with Crippen molar-refractivity contribution >= 4 is 35.0 Å². The fourth-order valence-electron chi connectivity index (χ4n) is 3.61. The Morgan fingerprint density at radius 1 is 1.12 bits per heavy atom. The molecule has 0 spiro atoms. The standard InChI is InChI=1S/C24H19ClN4O3S/c1-15-4-2-5-17(12-15)23-26-27-24(32-23)33-14-22(30)29-20(21-6-3-11-31-21)13-19(28-29)16-7-9-18(25)10-8-16/h2-12,20H,13-14H2,1H3. The molecule has 1 amide bonds. The van der Waals surface area contributed by atoms with Gasteiger partial charge in [0.15, 0.2) is 0 Å². The molecule has 5 rings (SSSR count). The number of hydrogen-bond donors (Lipinski definition) is 0. The highest BCUT2D eigenvalue weighted by Gasteiger charge is 2.35. The van der Waals surface area contributed by atoms with Crippen LogP contribution in [0.4, 0.5) is 0 Å². The molecule has 0 radical (unpaired) electrons. The van der Waals surface area contributed by atoms with Crippen molar-refractivity contribution in [3.63, 3.8) is 0 Å². The minimum atomic E-state index is -0.315. The van der Waals surface area contributed by atoms with Crippen molar-refractivity contribution in [1.82, 2.24) is 15.2 Å². The maximum absolute atomic E-state index is 13.1. The van der Waals surface area contributed by atoms with Crippen LogP contribution in [0.5, 0.6) is 0 Å². The zero-order chi connectivity index (χ0) is 22.8. The Hall–Kier alpha value is -3.36. The predicted octanol–water partition coefficient (Wildman–Crippen LogP) is 5.76. The highest BCUT2D eigenvalue weighted by molar-refractivity contribution is 7.99. The second kappa shape index (κ2) is 9.25. The summed E-state index contributed by atoms with van der Waals surface area (Å²) in [4.78, 5) is 13.1. The molecule has 0 bridgehead atoms. The van der Waals surface area contributed by atoms with Crippen LogP contribution in [0.1, 0.15) is 29.3 Å². The van der Waals surface area contributed by atoms with Gasteiger partial charge in [-0.2, -0.15) is 5.10 Å². The molecule has 0 fully saturated rings. The number of hydrazone groups is 1. The first-order valence-electron chi connectivity index (χ1n) is 10.3. The smallest absolute Gasteiger partial charge is 0.277 e. The molecule has 0 aliphatic carbocycles. The van der Waals surface area contributed by atoms with Gasteiger partial charge in [-0.05, 0) is 48.9 Å². The molecule has 2 aromatic carbocycles. The van der Waals surface area contributed by atoms with Gasteiger partial charge in [-0.3, -0.25) is 4.79 Å². The number of thioether (sulfide) groups is 1. The van der Waals surface area contributed by atoms with Gasteiger partial charge in [-0.15, -0.1) is 10.2 Å². The number of amides is 1. The number of nitrogens with zero attached hydrogens (tertiary/aromatic N) is 4. The van der Waals surface area contributed by atoms with Gasteiger partial charge in [0.05, 0.1) is 17.7 Å². The van der Waals surface area contributed by atoms with Gasteiger partial charge in [0.2, 0.25) is 5.89 Å². The molecular formula is C24H19ClN4O3S. The average molecular weight is 479 g/mol. The van der Waals surface area contributed by atoms with E-state index in [4.69, 9.17) is 20.4 Å². The van der Waals surface area contributed by atoms with Gasteiger partial charge < -0.3 is 8.83 Å². The lowest BCUT2D eigenvalue weighted by molar-refractivity contribution is -0.130. The number of furan rings is 1. The molecule has 1 aliphatic rings. The van der Waals surface area contributed by atoms with Crippen molar-refractivity contribution in [2.24, 2.45) is 5.10 Å². The topological polar surface area (TPSA) is 84.7 Å². The lowest BCUT2D eigenvalue weighted by Crippen LogP contribution is -2.28. The van der Waals surface area contributed by atoms with Crippen LogP contribution in [-0.2, 0) is 4.79 Å². The second-order valence-corrected chi connectivity index (χ2v) is 8.92. The third-order valence-electron chi connectivity index (χ3n) is 5.21. The third-order valence-corrected chi connectivity index (χ3v) is 6.26.